The number of carbonyl (C=O) groups excluding carboxylic acids is 4. The molecule has 0 fully saturated rings. The number of nitrogens with one attached hydrogen (secondary N) is 3. The number of nitrogens with zero attached hydrogens (tertiary/aromatic N) is 1. The minimum atomic E-state index is -1.06. The highest BCUT2D eigenvalue weighted by atomic mass is 32.1. The van der Waals surface area contributed by atoms with Crippen LogP contribution in [0.5, 0.6) is 0 Å². The maximum atomic E-state index is 13.0. The minimum Gasteiger partial charge on any atom is -0.445 e. The molecule has 1 aliphatic heterocycles. The van der Waals surface area contributed by atoms with Gasteiger partial charge in [-0.25, -0.2) is 9.78 Å². The van der Waals surface area contributed by atoms with Crippen molar-refractivity contribution in [2.24, 2.45) is 5.92 Å². The van der Waals surface area contributed by atoms with Crippen molar-refractivity contribution in [3.63, 3.8) is 0 Å². The van der Waals surface area contributed by atoms with Gasteiger partial charge in [0.2, 0.25) is 11.7 Å². The molecule has 9 nitrogen and oxygen atoms in total. The van der Waals surface area contributed by atoms with Crippen molar-refractivity contribution < 1.29 is 23.9 Å². The fourth-order valence-electron chi connectivity index (χ4n) is 3.45. The Balaban J connectivity index is 1.67. The molecule has 1 aromatic carbocycles. The lowest BCUT2D eigenvalue weighted by Crippen LogP contribution is -2.56. The number of amides is 3. The summed E-state index contributed by atoms with van der Waals surface area (Å²) in [6, 6.07) is 7.18. The summed E-state index contributed by atoms with van der Waals surface area (Å²) in [5.74, 6) is -2.30. The van der Waals surface area contributed by atoms with Gasteiger partial charge in [-0.2, -0.15) is 0 Å². The van der Waals surface area contributed by atoms with E-state index in [9.17, 15) is 19.2 Å². The largest absolute Gasteiger partial charge is 0.445 e. The summed E-state index contributed by atoms with van der Waals surface area (Å²) in [6.07, 6.45) is 0.781. The first-order valence-corrected chi connectivity index (χ1v) is 11.7. The van der Waals surface area contributed by atoms with Crippen molar-refractivity contribution in [2.75, 3.05) is 6.54 Å². The van der Waals surface area contributed by atoms with Crippen molar-refractivity contribution in [3.05, 3.63) is 52.0 Å². The lowest BCUT2D eigenvalue weighted by atomic mass is 10.00. The molecule has 176 valence electrons. The maximum absolute atomic E-state index is 13.0. The number of fused-ring (bicyclic) bond motifs is 1. The number of alkyl carbamates (subject to hydrolysis) is 1. The topological polar surface area (TPSA) is 126 Å². The second-order valence-electron chi connectivity index (χ2n) is 8.14. The molecule has 1 aromatic heterocycles. The molecule has 0 bridgehead atoms. The average molecular weight is 473 g/mol. The lowest BCUT2D eigenvalue weighted by molar-refractivity contribution is -0.140. The van der Waals surface area contributed by atoms with Gasteiger partial charge in [0.25, 0.3) is 5.91 Å². The number of aromatic nitrogens is 1. The van der Waals surface area contributed by atoms with Crippen LogP contribution in [0.1, 0.15) is 36.4 Å². The number of carbonyl (C=O) groups is 4. The molecular formula is C23H28N4O5S. The van der Waals surface area contributed by atoms with Crippen molar-refractivity contribution in [1.82, 2.24) is 20.9 Å². The number of hydrogen-bond donors (Lipinski definition) is 3. The summed E-state index contributed by atoms with van der Waals surface area (Å²) in [5, 5.41) is 7.83. The van der Waals surface area contributed by atoms with Crippen LogP contribution in [0.25, 0.3) is 0 Å². The first-order chi connectivity index (χ1) is 15.8. The minimum absolute atomic E-state index is 0.0640. The molecule has 2 aromatic rings. The average Bonchev–Trinajstić information content (AvgIpc) is 3.24. The zero-order valence-corrected chi connectivity index (χ0v) is 19.4. The third-order valence-corrected chi connectivity index (χ3v) is 6.18. The van der Waals surface area contributed by atoms with Gasteiger partial charge in [0, 0.05) is 17.8 Å². The summed E-state index contributed by atoms with van der Waals surface area (Å²) < 4.78 is 5.22. The number of benzene rings is 1. The first kappa shape index (κ1) is 24.4. The number of ether oxygens (including phenoxy) is 1. The van der Waals surface area contributed by atoms with Crippen molar-refractivity contribution in [2.45, 2.75) is 51.8 Å². The number of thiazole rings is 1. The quantitative estimate of drug-likeness (QED) is 0.550. The molecule has 2 atom stereocenters. The third kappa shape index (κ3) is 6.85. The molecule has 10 heteroatoms. The van der Waals surface area contributed by atoms with E-state index in [0.717, 1.165) is 16.1 Å². The van der Waals surface area contributed by atoms with E-state index >= 15 is 0 Å². The fraction of sp³-hybridized carbons (Fsp3) is 0.435. The Bertz CT molecular complexity index is 992. The molecule has 0 saturated carbocycles. The molecule has 3 amide bonds. The van der Waals surface area contributed by atoms with Crippen LogP contribution in [0, 0.1) is 5.92 Å². The second-order valence-corrected chi connectivity index (χ2v) is 9.08. The summed E-state index contributed by atoms with van der Waals surface area (Å²) >= 11 is 1.39. The molecule has 0 saturated heterocycles. The van der Waals surface area contributed by atoms with Crippen LogP contribution in [0.2, 0.25) is 0 Å². The molecule has 0 spiro atoms. The molecular weight excluding hydrogens is 444 g/mol. The molecule has 3 rings (SSSR count). The van der Waals surface area contributed by atoms with E-state index in [-0.39, 0.29) is 18.9 Å². The van der Waals surface area contributed by atoms with Gasteiger partial charge < -0.3 is 20.7 Å². The number of rotatable bonds is 6. The van der Waals surface area contributed by atoms with Gasteiger partial charge >= 0.3 is 6.09 Å². The maximum Gasteiger partial charge on any atom is 0.408 e. The predicted octanol–water partition coefficient (Wildman–Crippen LogP) is 1.75. The number of aryl methyl sites for hydroxylation is 1. The number of ketones is 1. The Morgan fingerprint density at radius 1 is 1.24 bits per heavy atom. The molecule has 1 aliphatic rings. The highest BCUT2D eigenvalue weighted by molar-refractivity contribution is 7.09. The van der Waals surface area contributed by atoms with Gasteiger partial charge in [-0.05, 0) is 24.3 Å². The normalized spacial score (nSPS) is 17.5. The van der Waals surface area contributed by atoms with E-state index in [1.165, 1.54) is 11.3 Å². The smallest absolute Gasteiger partial charge is 0.408 e. The lowest BCUT2D eigenvalue weighted by Gasteiger charge is -2.25. The van der Waals surface area contributed by atoms with Crippen LogP contribution in [0.4, 0.5) is 4.79 Å². The van der Waals surface area contributed by atoms with Crippen LogP contribution >= 0.6 is 11.3 Å². The standard InChI is InChI=1S/C23H28N4O5S/c1-14(2)19(27-23(31)32-12-15-7-4-3-5-8-15)21(29)26-17-11-18-16(25-13-33-18)9-6-10-24-22(30)20(17)28/h3-5,7-8,13-14,17,19H,6,9-12H2,1-2H3,(H,24,30)(H,26,29)(H,27,31). The Labute approximate surface area is 196 Å². The van der Waals surface area contributed by atoms with Gasteiger partial charge in [0.1, 0.15) is 18.7 Å². The monoisotopic (exact) mass is 472 g/mol. The predicted molar refractivity (Wildman–Crippen MR) is 122 cm³/mol. The van der Waals surface area contributed by atoms with Gasteiger partial charge in [-0.1, -0.05) is 44.2 Å². The highest BCUT2D eigenvalue weighted by Crippen LogP contribution is 2.19. The van der Waals surface area contributed by atoms with Crippen LogP contribution in [-0.2, 0) is 38.6 Å². The van der Waals surface area contributed by atoms with Crippen molar-refractivity contribution >= 4 is 35.0 Å². The van der Waals surface area contributed by atoms with Gasteiger partial charge in [-0.3, -0.25) is 14.4 Å². The van der Waals surface area contributed by atoms with Crippen LogP contribution in [-0.4, -0.2) is 47.3 Å². The van der Waals surface area contributed by atoms with E-state index in [1.807, 2.05) is 30.3 Å². The second kappa shape index (κ2) is 11.6. The van der Waals surface area contributed by atoms with Gasteiger partial charge in [0.15, 0.2) is 0 Å². The van der Waals surface area contributed by atoms with Crippen LogP contribution < -0.4 is 16.0 Å². The van der Waals surface area contributed by atoms with Gasteiger partial charge in [-0.15, -0.1) is 11.3 Å². The molecule has 0 radical (unpaired) electrons. The number of Topliss-reactive ketones (excluding diaryl/α,β-unsaturated/α-hetero) is 1. The Hall–Kier alpha value is -3.27. The Kier molecular flexibility index (Phi) is 8.53. The highest BCUT2D eigenvalue weighted by Gasteiger charge is 2.33. The Morgan fingerprint density at radius 2 is 2.00 bits per heavy atom. The number of hydrogen-bond acceptors (Lipinski definition) is 7. The third-order valence-electron chi connectivity index (χ3n) is 5.28. The van der Waals surface area contributed by atoms with E-state index in [4.69, 9.17) is 4.74 Å². The molecule has 0 aliphatic carbocycles. The zero-order valence-electron chi connectivity index (χ0n) is 18.6. The first-order valence-electron chi connectivity index (χ1n) is 10.9. The summed E-state index contributed by atoms with van der Waals surface area (Å²) in [7, 11) is 0. The SMILES string of the molecule is CC(C)C(NC(=O)OCc1ccccc1)C(=O)NC1Cc2scnc2CCCNC(=O)C1=O. The van der Waals surface area contributed by atoms with Crippen molar-refractivity contribution in [1.29, 1.82) is 0 Å². The van der Waals surface area contributed by atoms with Crippen LogP contribution in [0.15, 0.2) is 35.8 Å². The molecule has 3 N–H and O–H groups in total. The fourth-order valence-corrected chi connectivity index (χ4v) is 4.31. The van der Waals surface area contributed by atoms with E-state index in [1.54, 1.807) is 19.4 Å². The summed E-state index contributed by atoms with van der Waals surface area (Å²) in [5.41, 5.74) is 3.38. The van der Waals surface area contributed by atoms with E-state index in [0.29, 0.717) is 19.4 Å². The van der Waals surface area contributed by atoms with Crippen LogP contribution in [0.3, 0.4) is 0 Å². The molecule has 2 heterocycles. The molecule has 33 heavy (non-hydrogen) atoms. The van der Waals surface area contributed by atoms with Crippen molar-refractivity contribution in [3.8, 4) is 0 Å². The Morgan fingerprint density at radius 3 is 2.73 bits per heavy atom. The molecule has 2 unspecified atom stereocenters. The van der Waals surface area contributed by atoms with E-state index in [2.05, 4.69) is 20.9 Å². The summed E-state index contributed by atoms with van der Waals surface area (Å²) in [6.45, 7) is 3.95. The van der Waals surface area contributed by atoms with Gasteiger partial charge in [0.05, 0.1) is 11.2 Å². The summed E-state index contributed by atoms with van der Waals surface area (Å²) in [4.78, 5) is 55.6. The zero-order chi connectivity index (χ0) is 23.8. The van der Waals surface area contributed by atoms with E-state index < -0.39 is 35.8 Å².